The average molecular weight is 493 g/mol. The van der Waals surface area contributed by atoms with Crippen LogP contribution in [0.5, 0.6) is 0 Å². The molecule has 166 valence electrons. The zero-order chi connectivity index (χ0) is 22.7. The molecule has 5 aromatic rings. The van der Waals surface area contributed by atoms with Crippen LogP contribution in [0.1, 0.15) is 33.8 Å². The fraction of sp³-hybridized carbons (Fsp3) is 0.250. The van der Waals surface area contributed by atoms with Crippen molar-refractivity contribution < 1.29 is 0 Å². The standard InChI is InChI=1S/C24H20N4O2S3/c1-12-6-7-16(13(2)10-12)28-23(30)19-14-4-3-5-17(14)33-22(19)27-24(28)32-11-18-25-15-8-9-31-20(15)21(29)26-18/h6-10H,3-5,11H2,1-2H3,(H,25,26,29). The van der Waals surface area contributed by atoms with Crippen molar-refractivity contribution in [3.63, 3.8) is 0 Å². The van der Waals surface area contributed by atoms with E-state index in [0.29, 0.717) is 27.0 Å². The smallest absolute Gasteiger partial charge is 0.268 e. The Morgan fingerprint density at radius 1 is 1.15 bits per heavy atom. The van der Waals surface area contributed by atoms with Crippen LogP contribution in [0.3, 0.4) is 0 Å². The molecule has 1 N–H and O–H groups in total. The molecule has 6 rings (SSSR count). The quantitative estimate of drug-likeness (QED) is 0.277. The highest BCUT2D eigenvalue weighted by atomic mass is 32.2. The normalized spacial score (nSPS) is 13.3. The Morgan fingerprint density at radius 3 is 2.88 bits per heavy atom. The highest BCUT2D eigenvalue weighted by Gasteiger charge is 2.24. The van der Waals surface area contributed by atoms with Gasteiger partial charge in [0.1, 0.15) is 15.4 Å². The van der Waals surface area contributed by atoms with Crippen LogP contribution in [0.4, 0.5) is 0 Å². The average Bonchev–Trinajstić information content (AvgIpc) is 3.49. The van der Waals surface area contributed by atoms with Crippen molar-refractivity contribution in [2.45, 2.75) is 44.0 Å². The maximum absolute atomic E-state index is 13.9. The number of hydrogen-bond acceptors (Lipinski definition) is 7. The minimum absolute atomic E-state index is 0.0106. The number of rotatable bonds is 4. The largest absolute Gasteiger partial charge is 0.309 e. The summed E-state index contributed by atoms with van der Waals surface area (Å²) in [5.41, 5.74) is 4.75. The first-order valence-electron chi connectivity index (χ1n) is 10.7. The fourth-order valence-corrected chi connectivity index (χ4v) is 7.42. The summed E-state index contributed by atoms with van der Waals surface area (Å²) in [6.45, 7) is 4.07. The van der Waals surface area contributed by atoms with Crippen molar-refractivity contribution in [3.05, 3.63) is 77.7 Å². The number of fused-ring (bicyclic) bond motifs is 4. The van der Waals surface area contributed by atoms with Gasteiger partial charge in [-0.05, 0) is 61.7 Å². The molecular formula is C24H20N4O2S3. The first kappa shape index (κ1) is 20.8. The van der Waals surface area contributed by atoms with Crippen LogP contribution in [0, 0.1) is 13.8 Å². The molecule has 0 saturated carbocycles. The highest BCUT2D eigenvalue weighted by Crippen LogP contribution is 2.36. The molecule has 0 amide bonds. The van der Waals surface area contributed by atoms with Gasteiger partial charge in [0.2, 0.25) is 0 Å². The summed E-state index contributed by atoms with van der Waals surface area (Å²) in [4.78, 5) is 40.8. The molecule has 0 spiro atoms. The van der Waals surface area contributed by atoms with Gasteiger partial charge in [-0.2, -0.15) is 0 Å². The number of thiophene rings is 2. The lowest BCUT2D eigenvalue weighted by Crippen LogP contribution is -2.22. The lowest BCUT2D eigenvalue weighted by Gasteiger charge is -2.15. The molecule has 0 radical (unpaired) electrons. The van der Waals surface area contributed by atoms with E-state index in [0.717, 1.165) is 46.3 Å². The fourth-order valence-electron chi connectivity index (χ4n) is 4.51. The molecule has 6 nitrogen and oxygen atoms in total. The zero-order valence-corrected chi connectivity index (χ0v) is 20.5. The molecule has 1 aromatic carbocycles. The predicted octanol–water partition coefficient (Wildman–Crippen LogP) is 5.14. The van der Waals surface area contributed by atoms with Crippen LogP contribution in [0.25, 0.3) is 26.1 Å². The molecule has 9 heteroatoms. The third-order valence-corrected chi connectivity index (χ3v) is 9.04. The summed E-state index contributed by atoms with van der Waals surface area (Å²) in [6.07, 6.45) is 3.06. The summed E-state index contributed by atoms with van der Waals surface area (Å²) >= 11 is 4.45. The molecule has 4 heterocycles. The molecule has 33 heavy (non-hydrogen) atoms. The molecule has 1 aliphatic rings. The maximum atomic E-state index is 13.9. The lowest BCUT2D eigenvalue weighted by molar-refractivity contribution is 0.813. The molecule has 0 saturated heterocycles. The number of aromatic nitrogens is 4. The number of aryl methyl sites for hydroxylation is 4. The highest BCUT2D eigenvalue weighted by molar-refractivity contribution is 7.98. The van der Waals surface area contributed by atoms with Gasteiger partial charge in [0.15, 0.2) is 5.16 Å². The van der Waals surface area contributed by atoms with Crippen LogP contribution < -0.4 is 11.1 Å². The first-order valence-corrected chi connectivity index (χ1v) is 13.4. The van der Waals surface area contributed by atoms with Gasteiger partial charge in [0.25, 0.3) is 11.1 Å². The van der Waals surface area contributed by atoms with E-state index in [2.05, 4.69) is 16.0 Å². The summed E-state index contributed by atoms with van der Waals surface area (Å²) in [5.74, 6) is 0.987. The van der Waals surface area contributed by atoms with Crippen LogP contribution in [-0.4, -0.2) is 19.5 Å². The topological polar surface area (TPSA) is 80.6 Å². The van der Waals surface area contributed by atoms with Crippen molar-refractivity contribution in [2.75, 3.05) is 0 Å². The zero-order valence-electron chi connectivity index (χ0n) is 18.1. The SMILES string of the molecule is Cc1ccc(-n2c(SCc3nc4ccsc4c(=O)[nH]3)nc3sc4c(c3c2=O)CCC4)c(C)c1. The van der Waals surface area contributed by atoms with Crippen molar-refractivity contribution in [3.8, 4) is 5.69 Å². The molecule has 0 unspecified atom stereocenters. The van der Waals surface area contributed by atoms with Crippen molar-refractivity contribution >= 4 is 54.9 Å². The second-order valence-electron chi connectivity index (χ2n) is 8.30. The molecule has 4 aromatic heterocycles. The Morgan fingerprint density at radius 2 is 2.03 bits per heavy atom. The minimum atomic E-state index is -0.129. The van der Waals surface area contributed by atoms with Gasteiger partial charge >= 0.3 is 0 Å². The number of H-pyrrole nitrogens is 1. The van der Waals surface area contributed by atoms with Gasteiger partial charge in [-0.25, -0.2) is 9.97 Å². The van der Waals surface area contributed by atoms with Crippen LogP contribution in [0.15, 0.2) is 44.4 Å². The van der Waals surface area contributed by atoms with Gasteiger partial charge in [-0.3, -0.25) is 14.2 Å². The number of benzene rings is 1. The van der Waals surface area contributed by atoms with Crippen molar-refractivity contribution in [2.24, 2.45) is 0 Å². The Hall–Kier alpha value is -2.75. The van der Waals surface area contributed by atoms with E-state index in [1.54, 1.807) is 15.9 Å². The van der Waals surface area contributed by atoms with Crippen LogP contribution in [0.2, 0.25) is 0 Å². The summed E-state index contributed by atoms with van der Waals surface area (Å²) in [7, 11) is 0. The Kier molecular flexibility index (Phi) is 5.01. The summed E-state index contributed by atoms with van der Waals surface area (Å²) in [6, 6.07) is 7.96. The Labute approximate surface area is 201 Å². The number of nitrogens with one attached hydrogen (secondary N) is 1. The minimum Gasteiger partial charge on any atom is -0.309 e. The molecule has 0 aliphatic heterocycles. The summed E-state index contributed by atoms with van der Waals surface area (Å²) in [5, 5.41) is 3.25. The van der Waals surface area contributed by atoms with Crippen molar-refractivity contribution in [1.82, 2.24) is 19.5 Å². The Balaban J connectivity index is 1.51. The third kappa shape index (κ3) is 3.46. The molecular weight excluding hydrogens is 472 g/mol. The van der Waals surface area contributed by atoms with Crippen LogP contribution >= 0.6 is 34.4 Å². The second-order valence-corrected chi connectivity index (χ2v) is 11.2. The third-order valence-electron chi connectivity index (χ3n) is 6.00. The van der Waals surface area contributed by atoms with Gasteiger partial charge in [0, 0.05) is 4.88 Å². The van der Waals surface area contributed by atoms with Gasteiger partial charge < -0.3 is 4.98 Å². The molecule has 0 fully saturated rings. The van der Waals surface area contributed by atoms with E-state index in [1.807, 2.05) is 37.4 Å². The van der Waals surface area contributed by atoms with E-state index in [-0.39, 0.29) is 11.1 Å². The van der Waals surface area contributed by atoms with E-state index >= 15 is 0 Å². The van der Waals surface area contributed by atoms with E-state index < -0.39 is 0 Å². The summed E-state index contributed by atoms with van der Waals surface area (Å²) < 4.78 is 2.37. The Bertz CT molecular complexity index is 1680. The van der Waals surface area contributed by atoms with Crippen molar-refractivity contribution in [1.29, 1.82) is 0 Å². The lowest BCUT2D eigenvalue weighted by atomic mass is 10.1. The van der Waals surface area contributed by atoms with Crippen LogP contribution in [-0.2, 0) is 18.6 Å². The maximum Gasteiger partial charge on any atom is 0.268 e. The number of thioether (sulfide) groups is 1. The second kappa shape index (κ2) is 7.93. The van der Waals surface area contributed by atoms with E-state index in [4.69, 9.17) is 4.98 Å². The van der Waals surface area contributed by atoms with Gasteiger partial charge in [-0.1, -0.05) is 29.5 Å². The number of nitrogens with zero attached hydrogens (tertiary/aromatic N) is 3. The number of hydrogen-bond donors (Lipinski definition) is 1. The van der Waals surface area contributed by atoms with E-state index in [1.165, 1.54) is 33.5 Å². The molecule has 0 atom stereocenters. The number of aromatic amines is 1. The predicted molar refractivity (Wildman–Crippen MR) is 137 cm³/mol. The van der Waals surface area contributed by atoms with Gasteiger partial charge in [-0.15, -0.1) is 22.7 Å². The molecule has 0 bridgehead atoms. The van der Waals surface area contributed by atoms with Gasteiger partial charge in [0.05, 0.1) is 22.3 Å². The monoisotopic (exact) mass is 492 g/mol. The van der Waals surface area contributed by atoms with E-state index in [9.17, 15) is 9.59 Å². The first-order chi connectivity index (χ1) is 16.0. The molecule has 1 aliphatic carbocycles.